The van der Waals surface area contributed by atoms with Gasteiger partial charge in [0.05, 0.1) is 5.56 Å². The van der Waals surface area contributed by atoms with E-state index in [4.69, 9.17) is 11.0 Å². The molecule has 2 rings (SSSR count). The molecule has 0 amide bonds. The smallest absolute Gasteiger partial charge is 0.146 e. The minimum absolute atomic E-state index is 0.186. The van der Waals surface area contributed by atoms with Crippen molar-refractivity contribution in [3.63, 3.8) is 0 Å². The van der Waals surface area contributed by atoms with E-state index in [0.717, 1.165) is 36.2 Å². The molecule has 0 bridgehead atoms. The SMILES string of the molecule is N#Cc1cc(Br)cnc1N1CCC[C@@H](N)C1. The summed E-state index contributed by atoms with van der Waals surface area (Å²) in [7, 11) is 0. The van der Waals surface area contributed by atoms with Crippen molar-refractivity contribution in [1.29, 1.82) is 5.26 Å². The molecule has 0 spiro atoms. The highest BCUT2D eigenvalue weighted by Gasteiger charge is 2.20. The summed E-state index contributed by atoms with van der Waals surface area (Å²) in [4.78, 5) is 6.40. The molecule has 16 heavy (non-hydrogen) atoms. The van der Waals surface area contributed by atoms with E-state index in [1.807, 2.05) is 0 Å². The van der Waals surface area contributed by atoms with Crippen LogP contribution in [0.15, 0.2) is 16.7 Å². The van der Waals surface area contributed by atoms with Crippen molar-refractivity contribution in [2.24, 2.45) is 5.73 Å². The number of hydrogen-bond acceptors (Lipinski definition) is 4. The van der Waals surface area contributed by atoms with E-state index in [-0.39, 0.29) is 6.04 Å². The number of halogens is 1. The van der Waals surface area contributed by atoms with E-state index < -0.39 is 0 Å². The number of nitrogens with two attached hydrogens (primary N) is 1. The molecule has 1 aliphatic heterocycles. The standard InChI is InChI=1S/C11H13BrN4/c12-9-4-8(5-13)11(15-6-9)16-3-1-2-10(14)7-16/h4,6,10H,1-3,7,14H2/t10-/m1/s1. The van der Waals surface area contributed by atoms with Crippen LogP contribution in [0.3, 0.4) is 0 Å². The van der Waals surface area contributed by atoms with Crippen molar-refractivity contribution in [1.82, 2.24) is 4.98 Å². The molecule has 0 saturated carbocycles. The Bertz CT molecular complexity index is 426. The monoisotopic (exact) mass is 280 g/mol. The van der Waals surface area contributed by atoms with Crippen LogP contribution in [-0.2, 0) is 0 Å². The lowest BCUT2D eigenvalue weighted by atomic mass is 10.1. The van der Waals surface area contributed by atoms with Crippen molar-refractivity contribution in [2.75, 3.05) is 18.0 Å². The summed E-state index contributed by atoms with van der Waals surface area (Å²) in [6.07, 6.45) is 3.83. The van der Waals surface area contributed by atoms with Gasteiger partial charge in [-0.25, -0.2) is 4.98 Å². The van der Waals surface area contributed by atoms with Gasteiger partial charge in [0.15, 0.2) is 0 Å². The van der Waals surface area contributed by atoms with Gasteiger partial charge in [-0.1, -0.05) is 0 Å². The Balaban J connectivity index is 2.29. The van der Waals surface area contributed by atoms with Gasteiger partial charge >= 0.3 is 0 Å². The zero-order valence-corrected chi connectivity index (χ0v) is 10.4. The molecule has 0 radical (unpaired) electrons. The van der Waals surface area contributed by atoms with Crippen molar-refractivity contribution in [3.8, 4) is 6.07 Å². The summed E-state index contributed by atoms with van der Waals surface area (Å²) in [5.41, 5.74) is 6.52. The summed E-state index contributed by atoms with van der Waals surface area (Å²) in [6.45, 7) is 1.71. The Kier molecular flexibility index (Phi) is 3.42. The Labute approximate surface area is 103 Å². The number of pyridine rings is 1. The molecule has 1 atom stereocenters. The fourth-order valence-electron chi connectivity index (χ4n) is 1.97. The first kappa shape index (κ1) is 11.4. The van der Waals surface area contributed by atoms with Crippen LogP contribution >= 0.6 is 15.9 Å². The number of rotatable bonds is 1. The highest BCUT2D eigenvalue weighted by Crippen LogP contribution is 2.23. The van der Waals surface area contributed by atoms with E-state index in [2.05, 4.69) is 31.9 Å². The summed E-state index contributed by atoms with van der Waals surface area (Å²) in [6, 6.07) is 4.15. The number of hydrogen-bond donors (Lipinski definition) is 1. The summed E-state index contributed by atoms with van der Waals surface area (Å²) in [5.74, 6) is 0.751. The third-order valence-corrected chi connectivity index (χ3v) is 3.14. The summed E-state index contributed by atoms with van der Waals surface area (Å²) >= 11 is 3.32. The Hall–Kier alpha value is -1.12. The van der Waals surface area contributed by atoms with Crippen LogP contribution in [0.4, 0.5) is 5.82 Å². The molecule has 4 nitrogen and oxygen atoms in total. The highest BCUT2D eigenvalue weighted by molar-refractivity contribution is 9.10. The Morgan fingerprint density at radius 1 is 1.62 bits per heavy atom. The largest absolute Gasteiger partial charge is 0.354 e. The van der Waals surface area contributed by atoms with Gasteiger partial charge in [0, 0.05) is 29.8 Å². The summed E-state index contributed by atoms with van der Waals surface area (Å²) < 4.78 is 0.828. The second-order valence-electron chi connectivity index (χ2n) is 3.98. The first-order valence-electron chi connectivity index (χ1n) is 5.27. The Morgan fingerprint density at radius 3 is 3.12 bits per heavy atom. The van der Waals surface area contributed by atoms with Gasteiger partial charge in [-0.05, 0) is 34.8 Å². The molecule has 0 aliphatic carbocycles. The van der Waals surface area contributed by atoms with Gasteiger partial charge in [-0.3, -0.25) is 0 Å². The molecule has 1 fully saturated rings. The molecule has 1 saturated heterocycles. The maximum Gasteiger partial charge on any atom is 0.146 e. The maximum atomic E-state index is 9.07. The molecule has 0 aromatic carbocycles. The highest BCUT2D eigenvalue weighted by atomic mass is 79.9. The van der Waals surface area contributed by atoms with Gasteiger partial charge in [0.2, 0.25) is 0 Å². The van der Waals surface area contributed by atoms with Crippen molar-refractivity contribution < 1.29 is 0 Å². The van der Waals surface area contributed by atoms with E-state index in [0.29, 0.717) is 5.56 Å². The first-order chi connectivity index (χ1) is 7.70. The van der Waals surface area contributed by atoms with E-state index in [1.165, 1.54) is 0 Å². The molecular formula is C11H13BrN4. The fraction of sp³-hybridized carbons (Fsp3) is 0.455. The zero-order chi connectivity index (χ0) is 11.5. The second-order valence-corrected chi connectivity index (χ2v) is 4.90. The molecule has 5 heteroatoms. The minimum atomic E-state index is 0.186. The predicted molar refractivity (Wildman–Crippen MR) is 66.1 cm³/mol. The van der Waals surface area contributed by atoms with Gasteiger partial charge in [0.1, 0.15) is 11.9 Å². The van der Waals surface area contributed by atoms with Crippen molar-refractivity contribution in [2.45, 2.75) is 18.9 Å². The number of piperidine rings is 1. The topological polar surface area (TPSA) is 65.9 Å². The first-order valence-corrected chi connectivity index (χ1v) is 6.06. The van der Waals surface area contributed by atoms with Crippen LogP contribution in [0.1, 0.15) is 18.4 Å². The lowest BCUT2D eigenvalue weighted by Crippen LogP contribution is -2.43. The maximum absolute atomic E-state index is 9.07. The fourth-order valence-corrected chi connectivity index (χ4v) is 2.30. The molecular weight excluding hydrogens is 268 g/mol. The second kappa shape index (κ2) is 4.81. The van der Waals surface area contributed by atoms with Crippen LogP contribution in [-0.4, -0.2) is 24.1 Å². The molecule has 1 aromatic rings. The van der Waals surface area contributed by atoms with Crippen LogP contribution < -0.4 is 10.6 Å². The summed E-state index contributed by atoms with van der Waals surface area (Å²) in [5, 5.41) is 9.07. The van der Waals surface area contributed by atoms with E-state index in [9.17, 15) is 0 Å². The number of nitrogens with zero attached hydrogens (tertiary/aromatic N) is 3. The van der Waals surface area contributed by atoms with Crippen LogP contribution in [0.5, 0.6) is 0 Å². The van der Waals surface area contributed by atoms with Crippen molar-refractivity contribution in [3.05, 3.63) is 22.3 Å². The van der Waals surface area contributed by atoms with Crippen molar-refractivity contribution >= 4 is 21.7 Å². The molecule has 1 aliphatic rings. The van der Waals surface area contributed by atoms with Gasteiger partial charge in [-0.2, -0.15) is 5.26 Å². The van der Waals surface area contributed by atoms with Crippen LogP contribution in [0, 0.1) is 11.3 Å². The average molecular weight is 281 g/mol. The van der Waals surface area contributed by atoms with Crippen LogP contribution in [0.25, 0.3) is 0 Å². The van der Waals surface area contributed by atoms with E-state index in [1.54, 1.807) is 12.3 Å². The third-order valence-electron chi connectivity index (χ3n) is 2.71. The molecule has 0 unspecified atom stereocenters. The normalized spacial score (nSPS) is 20.6. The van der Waals surface area contributed by atoms with Gasteiger partial charge in [0.25, 0.3) is 0 Å². The minimum Gasteiger partial charge on any atom is -0.354 e. The number of aromatic nitrogens is 1. The van der Waals surface area contributed by atoms with Gasteiger partial charge in [-0.15, -0.1) is 0 Å². The zero-order valence-electron chi connectivity index (χ0n) is 8.86. The molecule has 1 aromatic heterocycles. The molecule has 2 N–H and O–H groups in total. The Morgan fingerprint density at radius 2 is 2.44 bits per heavy atom. The molecule has 84 valence electrons. The number of anilines is 1. The average Bonchev–Trinajstić information content (AvgIpc) is 2.28. The molecule has 2 heterocycles. The van der Waals surface area contributed by atoms with Gasteiger partial charge < -0.3 is 10.6 Å². The lowest BCUT2D eigenvalue weighted by molar-refractivity contribution is 0.503. The van der Waals surface area contributed by atoms with Crippen LogP contribution in [0.2, 0.25) is 0 Å². The third kappa shape index (κ3) is 2.34. The lowest BCUT2D eigenvalue weighted by Gasteiger charge is -2.32. The quantitative estimate of drug-likeness (QED) is 0.850. The number of nitriles is 1. The van der Waals surface area contributed by atoms with E-state index >= 15 is 0 Å². The predicted octanol–water partition coefficient (Wildman–Crippen LogP) is 1.64.